The third-order valence-electron chi connectivity index (χ3n) is 3.64. The fourth-order valence-electron chi connectivity index (χ4n) is 2.45. The molecule has 1 aliphatic rings. The van der Waals surface area contributed by atoms with Crippen molar-refractivity contribution in [3.05, 3.63) is 0 Å². The fourth-order valence-corrected chi connectivity index (χ4v) is 2.45. The van der Waals surface area contributed by atoms with Gasteiger partial charge < -0.3 is 9.84 Å². The number of β-amino-alcohol motifs (C(OH)–C–C–N with tert-alkyl or cyclic N) is 1. The molecular weight excluding hydrogens is 252 g/mol. The number of hydrogen-bond donors (Lipinski definition) is 1. The Morgan fingerprint density at radius 2 is 1.55 bits per heavy atom. The van der Waals surface area contributed by atoms with E-state index in [9.17, 15) is 5.11 Å². The summed E-state index contributed by atoms with van der Waals surface area (Å²) in [5.74, 6) is 0. The van der Waals surface area contributed by atoms with Crippen LogP contribution >= 0.6 is 0 Å². The van der Waals surface area contributed by atoms with E-state index in [1.165, 1.54) is 0 Å². The number of hydrogen-bond acceptors (Lipinski definition) is 4. The number of nitrogens with zero attached hydrogens (tertiary/aromatic N) is 2. The van der Waals surface area contributed by atoms with Gasteiger partial charge in [0.05, 0.1) is 19.3 Å². The predicted octanol–water partition coefficient (Wildman–Crippen LogP) is 1.83. The number of aliphatic hydroxyl groups is 1. The maximum absolute atomic E-state index is 10.0. The summed E-state index contributed by atoms with van der Waals surface area (Å²) < 4.78 is 5.59. The van der Waals surface area contributed by atoms with Crippen molar-refractivity contribution in [1.82, 2.24) is 9.80 Å². The van der Waals surface area contributed by atoms with Crippen LogP contribution in [0.2, 0.25) is 0 Å². The Labute approximate surface area is 125 Å². The van der Waals surface area contributed by atoms with Crippen molar-refractivity contribution in [3.63, 3.8) is 0 Å². The van der Waals surface area contributed by atoms with Gasteiger partial charge in [0, 0.05) is 38.3 Å². The molecule has 0 saturated carbocycles. The van der Waals surface area contributed by atoms with Crippen LogP contribution in [-0.2, 0) is 4.74 Å². The Bertz CT molecular complexity index is 273. The minimum absolute atomic E-state index is 0.165. The highest BCUT2D eigenvalue weighted by molar-refractivity contribution is 4.82. The molecule has 0 aromatic heterocycles. The predicted molar refractivity (Wildman–Crippen MR) is 84.0 cm³/mol. The van der Waals surface area contributed by atoms with Crippen LogP contribution in [0.4, 0.5) is 0 Å². The molecule has 0 aromatic carbocycles. The molecule has 0 aliphatic carbocycles. The van der Waals surface area contributed by atoms with Gasteiger partial charge in [-0.05, 0) is 26.2 Å². The lowest BCUT2D eigenvalue weighted by Gasteiger charge is -2.42. The SMILES string of the molecule is CC(C)(C)COC[C@@H](O)CN1CCN(C(C)(C)C)CC1. The number of ether oxygens (including phenoxy) is 1. The summed E-state index contributed by atoms with van der Waals surface area (Å²) in [6, 6.07) is 0. The highest BCUT2D eigenvalue weighted by Gasteiger charge is 2.26. The molecule has 0 aromatic rings. The molecule has 1 N–H and O–H groups in total. The van der Waals surface area contributed by atoms with E-state index in [1.807, 2.05) is 0 Å². The molecule has 1 fully saturated rings. The Morgan fingerprint density at radius 3 is 2.00 bits per heavy atom. The maximum Gasteiger partial charge on any atom is 0.0900 e. The molecule has 0 bridgehead atoms. The summed E-state index contributed by atoms with van der Waals surface area (Å²) in [5, 5.41) is 10.0. The van der Waals surface area contributed by atoms with E-state index in [0.29, 0.717) is 13.2 Å². The van der Waals surface area contributed by atoms with Crippen LogP contribution in [-0.4, -0.2) is 72.5 Å². The lowest BCUT2D eigenvalue weighted by atomic mass is 9.99. The van der Waals surface area contributed by atoms with Gasteiger partial charge in [0.1, 0.15) is 0 Å². The molecule has 4 heteroatoms. The van der Waals surface area contributed by atoms with Crippen LogP contribution in [0.1, 0.15) is 41.5 Å². The summed E-state index contributed by atoms with van der Waals surface area (Å²) in [7, 11) is 0. The Hall–Kier alpha value is -0.160. The molecule has 1 atom stereocenters. The summed E-state index contributed by atoms with van der Waals surface area (Å²) in [6.45, 7) is 19.3. The molecule has 0 spiro atoms. The molecule has 0 amide bonds. The summed E-state index contributed by atoms with van der Waals surface area (Å²) in [6.07, 6.45) is -0.376. The highest BCUT2D eigenvalue weighted by atomic mass is 16.5. The Balaban J connectivity index is 2.20. The van der Waals surface area contributed by atoms with Crippen molar-refractivity contribution in [2.75, 3.05) is 45.9 Å². The van der Waals surface area contributed by atoms with Crippen LogP contribution in [0.25, 0.3) is 0 Å². The molecule has 0 unspecified atom stereocenters. The van der Waals surface area contributed by atoms with Gasteiger partial charge in [0.2, 0.25) is 0 Å². The molecule has 120 valence electrons. The van der Waals surface area contributed by atoms with Gasteiger partial charge in [-0.3, -0.25) is 9.80 Å². The third kappa shape index (κ3) is 7.02. The normalized spacial score (nSPS) is 21.1. The van der Waals surface area contributed by atoms with E-state index < -0.39 is 0 Å². The Morgan fingerprint density at radius 1 is 1.00 bits per heavy atom. The van der Waals surface area contributed by atoms with Crippen molar-refractivity contribution in [3.8, 4) is 0 Å². The summed E-state index contributed by atoms with van der Waals surface area (Å²) in [5.41, 5.74) is 0.415. The molecule has 1 rings (SSSR count). The molecule has 4 nitrogen and oxygen atoms in total. The van der Waals surface area contributed by atoms with E-state index in [4.69, 9.17) is 4.74 Å². The molecule has 1 heterocycles. The van der Waals surface area contributed by atoms with Crippen LogP contribution < -0.4 is 0 Å². The van der Waals surface area contributed by atoms with Gasteiger partial charge in [-0.2, -0.15) is 0 Å². The van der Waals surface area contributed by atoms with Crippen molar-refractivity contribution in [1.29, 1.82) is 0 Å². The van der Waals surface area contributed by atoms with Gasteiger partial charge in [-0.1, -0.05) is 20.8 Å². The average Bonchev–Trinajstić information content (AvgIpc) is 2.26. The first-order valence-corrected chi connectivity index (χ1v) is 7.81. The lowest BCUT2D eigenvalue weighted by molar-refractivity contribution is -0.0182. The van der Waals surface area contributed by atoms with Gasteiger partial charge >= 0.3 is 0 Å². The van der Waals surface area contributed by atoms with Gasteiger partial charge in [0.15, 0.2) is 0 Å². The first-order chi connectivity index (χ1) is 9.08. The quantitative estimate of drug-likeness (QED) is 0.836. The summed E-state index contributed by atoms with van der Waals surface area (Å²) in [4.78, 5) is 4.85. The van der Waals surface area contributed by atoms with Crippen LogP contribution in [0.15, 0.2) is 0 Å². The van der Waals surface area contributed by atoms with Crippen LogP contribution in [0.3, 0.4) is 0 Å². The Kier molecular flexibility index (Phi) is 6.45. The highest BCUT2D eigenvalue weighted by Crippen LogP contribution is 2.16. The fraction of sp³-hybridized carbons (Fsp3) is 1.00. The van der Waals surface area contributed by atoms with E-state index >= 15 is 0 Å². The average molecular weight is 286 g/mol. The minimum Gasteiger partial charge on any atom is -0.389 e. The van der Waals surface area contributed by atoms with Crippen molar-refractivity contribution >= 4 is 0 Å². The van der Waals surface area contributed by atoms with E-state index in [-0.39, 0.29) is 17.1 Å². The zero-order valence-electron chi connectivity index (χ0n) is 14.3. The second kappa shape index (κ2) is 7.21. The molecule has 1 saturated heterocycles. The zero-order valence-corrected chi connectivity index (χ0v) is 14.3. The smallest absolute Gasteiger partial charge is 0.0900 e. The standard InChI is InChI=1S/C16H34N2O2/c1-15(2,3)13-20-12-14(19)11-17-7-9-18(10-8-17)16(4,5)6/h14,19H,7-13H2,1-6H3/t14-/m0/s1. The number of aliphatic hydroxyl groups excluding tert-OH is 1. The topological polar surface area (TPSA) is 35.9 Å². The van der Waals surface area contributed by atoms with Crippen molar-refractivity contribution < 1.29 is 9.84 Å². The van der Waals surface area contributed by atoms with Gasteiger partial charge in [-0.15, -0.1) is 0 Å². The first kappa shape index (κ1) is 17.9. The van der Waals surface area contributed by atoms with Crippen LogP contribution in [0, 0.1) is 5.41 Å². The van der Waals surface area contributed by atoms with Crippen molar-refractivity contribution in [2.45, 2.75) is 53.2 Å². The maximum atomic E-state index is 10.0. The van der Waals surface area contributed by atoms with Crippen LogP contribution in [0.5, 0.6) is 0 Å². The number of piperazine rings is 1. The first-order valence-electron chi connectivity index (χ1n) is 7.81. The molecule has 20 heavy (non-hydrogen) atoms. The molecular formula is C16H34N2O2. The summed E-state index contributed by atoms with van der Waals surface area (Å²) >= 11 is 0. The zero-order chi connectivity index (χ0) is 15.4. The van der Waals surface area contributed by atoms with E-state index in [0.717, 1.165) is 32.7 Å². The monoisotopic (exact) mass is 286 g/mol. The second-order valence-electron chi connectivity index (χ2n) is 8.19. The third-order valence-corrected chi connectivity index (χ3v) is 3.64. The molecule has 0 radical (unpaired) electrons. The van der Waals surface area contributed by atoms with E-state index in [1.54, 1.807) is 0 Å². The minimum atomic E-state index is -0.376. The lowest BCUT2D eigenvalue weighted by Crippen LogP contribution is -2.54. The largest absolute Gasteiger partial charge is 0.389 e. The molecule has 1 aliphatic heterocycles. The van der Waals surface area contributed by atoms with E-state index in [2.05, 4.69) is 51.3 Å². The second-order valence-corrected chi connectivity index (χ2v) is 8.19. The number of rotatable bonds is 5. The van der Waals surface area contributed by atoms with Crippen molar-refractivity contribution in [2.24, 2.45) is 5.41 Å². The van der Waals surface area contributed by atoms with Gasteiger partial charge in [-0.25, -0.2) is 0 Å². The van der Waals surface area contributed by atoms with Gasteiger partial charge in [0.25, 0.3) is 0 Å².